The minimum Gasteiger partial charge on any atom is -0.478 e. The van der Waals surface area contributed by atoms with Crippen LogP contribution in [0.1, 0.15) is 21.5 Å². The van der Waals surface area contributed by atoms with Crippen LogP contribution in [-0.2, 0) is 0 Å². The summed E-state index contributed by atoms with van der Waals surface area (Å²) in [6, 6.07) is 14.5. The number of benzene rings is 2. The molecule has 0 radical (unpaired) electrons. The van der Waals surface area contributed by atoms with Crippen molar-refractivity contribution in [2.24, 2.45) is 5.10 Å². The molecule has 4 heteroatoms. The number of carboxylic acids is 1. The zero-order valence-corrected chi connectivity index (χ0v) is 10.5. The normalized spacial score (nSPS) is 10.6. The van der Waals surface area contributed by atoms with Crippen molar-refractivity contribution in [2.45, 2.75) is 6.92 Å². The summed E-state index contributed by atoms with van der Waals surface area (Å²) in [4.78, 5) is 10.8. The van der Waals surface area contributed by atoms with Crippen LogP contribution >= 0.6 is 0 Å². The third kappa shape index (κ3) is 3.67. The van der Waals surface area contributed by atoms with E-state index in [1.165, 1.54) is 17.7 Å². The van der Waals surface area contributed by atoms with E-state index < -0.39 is 5.97 Å². The minimum atomic E-state index is -0.953. The summed E-state index contributed by atoms with van der Waals surface area (Å²) < 4.78 is 0. The molecule has 19 heavy (non-hydrogen) atoms. The number of hydrazone groups is 1. The van der Waals surface area contributed by atoms with Gasteiger partial charge in [-0.05, 0) is 30.7 Å². The topological polar surface area (TPSA) is 61.7 Å². The molecule has 0 aliphatic rings. The summed E-state index contributed by atoms with van der Waals surface area (Å²) in [5.74, 6) is -0.953. The molecule has 0 amide bonds. The van der Waals surface area contributed by atoms with Gasteiger partial charge >= 0.3 is 5.97 Å². The molecule has 0 aromatic heterocycles. The highest BCUT2D eigenvalue weighted by Gasteiger charge is 2.01. The molecule has 4 nitrogen and oxygen atoms in total. The van der Waals surface area contributed by atoms with Crippen molar-refractivity contribution in [3.63, 3.8) is 0 Å². The molecule has 2 aromatic carbocycles. The summed E-state index contributed by atoms with van der Waals surface area (Å²) in [6.45, 7) is 2.02. The fourth-order valence-corrected chi connectivity index (χ4v) is 1.56. The quantitative estimate of drug-likeness (QED) is 0.651. The average molecular weight is 254 g/mol. The van der Waals surface area contributed by atoms with Gasteiger partial charge in [0.2, 0.25) is 0 Å². The molecule has 0 unspecified atom stereocenters. The molecule has 0 atom stereocenters. The van der Waals surface area contributed by atoms with Crippen molar-refractivity contribution < 1.29 is 9.90 Å². The first-order valence-corrected chi connectivity index (χ1v) is 5.84. The SMILES string of the molecule is Cc1ccc(C=NNc2cccc(C(=O)O)c2)cc1. The molecule has 0 bridgehead atoms. The van der Waals surface area contributed by atoms with E-state index in [1.807, 2.05) is 31.2 Å². The highest BCUT2D eigenvalue weighted by atomic mass is 16.4. The highest BCUT2D eigenvalue weighted by Crippen LogP contribution is 2.10. The maximum Gasteiger partial charge on any atom is 0.335 e. The molecule has 2 rings (SSSR count). The van der Waals surface area contributed by atoms with Gasteiger partial charge in [-0.15, -0.1) is 0 Å². The largest absolute Gasteiger partial charge is 0.478 e. The number of nitrogens with zero attached hydrogens (tertiary/aromatic N) is 1. The second-order valence-electron chi connectivity index (χ2n) is 4.17. The lowest BCUT2D eigenvalue weighted by molar-refractivity contribution is 0.0697. The van der Waals surface area contributed by atoms with E-state index in [0.29, 0.717) is 5.69 Å². The molecule has 0 heterocycles. The number of anilines is 1. The predicted octanol–water partition coefficient (Wildman–Crippen LogP) is 3.14. The summed E-state index contributed by atoms with van der Waals surface area (Å²) in [6.07, 6.45) is 1.69. The maximum atomic E-state index is 10.8. The molecule has 0 saturated heterocycles. The number of aryl methyl sites for hydroxylation is 1. The van der Waals surface area contributed by atoms with E-state index in [1.54, 1.807) is 18.3 Å². The number of rotatable bonds is 4. The Labute approximate surface area is 111 Å². The number of carboxylic acid groups (broad SMARTS) is 1. The fraction of sp³-hybridized carbons (Fsp3) is 0.0667. The van der Waals surface area contributed by atoms with Crippen molar-refractivity contribution in [1.29, 1.82) is 0 Å². The second-order valence-corrected chi connectivity index (χ2v) is 4.17. The van der Waals surface area contributed by atoms with Gasteiger partial charge in [-0.2, -0.15) is 5.10 Å². The monoisotopic (exact) mass is 254 g/mol. The number of hydrogen-bond donors (Lipinski definition) is 2. The van der Waals surface area contributed by atoms with Crippen LogP contribution < -0.4 is 5.43 Å². The molecule has 2 aromatic rings. The molecule has 0 fully saturated rings. The molecule has 0 aliphatic heterocycles. The van der Waals surface area contributed by atoms with Crippen LogP contribution in [0, 0.1) is 6.92 Å². The Morgan fingerprint density at radius 1 is 1.21 bits per heavy atom. The zero-order chi connectivity index (χ0) is 13.7. The number of nitrogens with one attached hydrogen (secondary N) is 1. The van der Waals surface area contributed by atoms with Gasteiger partial charge in [0.1, 0.15) is 0 Å². The molecule has 2 N–H and O–H groups in total. The van der Waals surface area contributed by atoms with Gasteiger partial charge < -0.3 is 5.11 Å². The van der Waals surface area contributed by atoms with Gasteiger partial charge in [-0.3, -0.25) is 5.43 Å². The fourth-order valence-electron chi connectivity index (χ4n) is 1.56. The van der Waals surface area contributed by atoms with Gasteiger partial charge in [0.05, 0.1) is 17.5 Å². The van der Waals surface area contributed by atoms with Gasteiger partial charge in [-0.25, -0.2) is 4.79 Å². The smallest absolute Gasteiger partial charge is 0.335 e. The molecular formula is C15H14N2O2. The third-order valence-electron chi connectivity index (χ3n) is 2.59. The number of aromatic carboxylic acids is 1. The van der Waals surface area contributed by atoms with E-state index in [9.17, 15) is 4.79 Å². The number of carbonyl (C=O) groups is 1. The van der Waals surface area contributed by atoms with Gasteiger partial charge in [0, 0.05) is 0 Å². The molecular weight excluding hydrogens is 240 g/mol. The minimum absolute atomic E-state index is 0.232. The molecule has 0 saturated carbocycles. The van der Waals surface area contributed by atoms with Gasteiger partial charge in [0.25, 0.3) is 0 Å². The van der Waals surface area contributed by atoms with Crippen LogP contribution in [0.4, 0.5) is 5.69 Å². The van der Waals surface area contributed by atoms with Crippen LogP contribution in [0.3, 0.4) is 0 Å². The first-order valence-electron chi connectivity index (χ1n) is 5.84. The molecule has 96 valence electrons. The van der Waals surface area contributed by atoms with E-state index >= 15 is 0 Å². The highest BCUT2D eigenvalue weighted by molar-refractivity contribution is 5.88. The van der Waals surface area contributed by atoms with E-state index in [2.05, 4.69) is 10.5 Å². The molecule has 0 aliphatic carbocycles. The summed E-state index contributed by atoms with van der Waals surface area (Å²) >= 11 is 0. The lowest BCUT2D eigenvalue weighted by Crippen LogP contribution is -1.97. The Kier molecular flexibility index (Phi) is 3.93. The first-order chi connectivity index (χ1) is 9.15. The van der Waals surface area contributed by atoms with Crippen molar-refractivity contribution in [3.05, 3.63) is 65.2 Å². The first kappa shape index (κ1) is 12.8. The summed E-state index contributed by atoms with van der Waals surface area (Å²) in [5, 5.41) is 12.9. The van der Waals surface area contributed by atoms with Crippen LogP contribution in [0.5, 0.6) is 0 Å². The van der Waals surface area contributed by atoms with E-state index in [4.69, 9.17) is 5.11 Å². The Morgan fingerprint density at radius 2 is 1.95 bits per heavy atom. The lowest BCUT2D eigenvalue weighted by Gasteiger charge is -2.01. The van der Waals surface area contributed by atoms with Crippen LogP contribution in [0.2, 0.25) is 0 Å². The Balaban J connectivity index is 2.04. The third-order valence-corrected chi connectivity index (χ3v) is 2.59. The second kappa shape index (κ2) is 5.82. The summed E-state index contributed by atoms with van der Waals surface area (Å²) in [7, 11) is 0. The van der Waals surface area contributed by atoms with Gasteiger partial charge in [-0.1, -0.05) is 35.9 Å². The van der Waals surface area contributed by atoms with Crippen molar-refractivity contribution in [1.82, 2.24) is 0 Å². The van der Waals surface area contributed by atoms with Crippen LogP contribution in [-0.4, -0.2) is 17.3 Å². The van der Waals surface area contributed by atoms with Crippen molar-refractivity contribution >= 4 is 17.9 Å². The molecule has 0 spiro atoms. The predicted molar refractivity (Wildman–Crippen MR) is 75.8 cm³/mol. The number of hydrogen-bond acceptors (Lipinski definition) is 3. The van der Waals surface area contributed by atoms with Crippen molar-refractivity contribution in [2.75, 3.05) is 5.43 Å². The Hall–Kier alpha value is -2.62. The summed E-state index contributed by atoms with van der Waals surface area (Å²) in [5.41, 5.74) is 5.86. The van der Waals surface area contributed by atoms with Gasteiger partial charge in [0.15, 0.2) is 0 Å². The zero-order valence-electron chi connectivity index (χ0n) is 10.5. The van der Waals surface area contributed by atoms with Crippen molar-refractivity contribution in [3.8, 4) is 0 Å². The Bertz CT molecular complexity index is 604. The van der Waals surface area contributed by atoms with Crippen LogP contribution in [0.15, 0.2) is 53.6 Å². The maximum absolute atomic E-state index is 10.8. The lowest BCUT2D eigenvalue weighted by atomic mass is 10.2. The Morgan fingerprint density at radius 3 is 2.63 bits per heavy atom. The standard InChI is InChI=1S/C15H14N2O2/c1-11-5-7-12(8-6-11)10-16-17-14-4-2-3-13(9-14)15(18)19/h2-10,17H,1H3,(H,18,19). The average Bonchev–Trinajstić information content (AvgIpc) is 2.41. The van der Waals surface area contributed by atoms with Crippen LogP contribution in [0.25, 0.3) is 0 Å². The van der Waals surface area contributed by atoms with E-state index in [-0.39, 0.29) is 5.56 Å². The van der Waals surface area contributed by atoms with E-state index in [0.717, 1.165) is 5.56 Å².